The average molecular weight is 239 g/mol. The SMILES string of the molecule is CCN(CC)C(=O)COc1cc(F)ccc1C. The molecule has 4 heteroatoms. The highest BCUT2D eigenvalue weighted by molar-refractivity contribution is 5.77. The molecule has 0 bridgehead atoms. The van der Waals surface area contributed by atoms with Crippen molar-refractivity contribution in [1.82, 2.24) is 4.90 Å². The molecular weight excluding hydrogens is 221 g/mol. The van der Waals surface area contributed by atoms with Crippen LogP contribution in [0.25, 0.3) is 0 Å². The average Bonchev–Trinajstić information content (AvgIpc) is 2.32. The Morgan fingerprint density at radius 1 is 1.35 bits per heavy atom. The van der Waals surface area contributed by atoms with Crippen LogP contribution < -0.4 is 4.74 Å². The quantitative estimate of drug-likeness (QED) is 0.789. The zero-order chi connectivity index (χ0) is 12.8. The number of rotatable bonds is 5. The second-order valence-electron chi connectivity index (χ2n) is 3.76. The predicted octanol–water partition coefficient (Wildman–Crippen LogP) is 2.38. The summed E-state index contributed by atoms with van der Waals surface area (Å²) in [6.07, 6.45) is 0. The van der Waals surface area contributed by atoms with E-state index in [1.807, 2.05) is 20.8 Å². The first-order valence-corrected chi connectivity index (χ1v) is 5.75. The summed E-state index contributed by atoms with van der Waals surface area (Å²) in [6, 6.07) is 4.30. The van der Waals surface area contributed by atoms with Crippen molar-refractivity contribution in [2.45, 2.75) is 20.8 Å². The Balaban J connectivity index is 2.61. The number of halogens is 1. The van der Waals surface area contributed by atoms with Crippen LogP contribution in [0, 0.1) is 12.7 Å². The third kappa shape index (κ3) is 3.73. The van der Waals surface area contributed by atoms with Gasteiger partial charge in [-0.3, -0.25) is 4.79 Å². The number of hydrogen-bond donors (Lipinski definition) is 0. The number of carbonyl (C=O) groups is 1. The maximum Gasteiger partial charge on any atom is 0.260 e. The second-order valence-corrected chi connectivity index (χ2v) is 3.76. The summed E-state index contributed by atoms with van der Waals surface area (Å²) < 4.78 is 18.3. The first-order valence-electron chi connectivity index (χ1n) is 5.75. The molecule has 3 nitrogen and oxygen atoms in total. The summed E-state index contributed by atoms with van der Waals surface area (Å²) in [6.45, 7) is 6.90. The van der Waals surface area contributed by atoms with E-state index in [9.17, 15) is 9.18 Å². The maximum absolute atomic E-state index is 13.0. The van der Waals surface area contributed by atoms with Crippen molar-refractivity contribution < 1.29 is 13.9 Å². The molecule has 0 atom stereocenters. The molecule has 1 amide bonds. The largest absolute Gasteiger partial charge is 0.483 e. The van der Waals surface area contributed by atoms with Crippen molar-refractivity contribution in [3.05, 3.63) is 29.6 Å². The van der Waals surface area contributed by atoms with E-state index in [2.05, 4.69) is 0 Å². The molecule has 17 heavy (non-hydrogen) atoms. The highest BCUT2D eigenvalue weighted by Crippen LogP contribution is 2.18. The van der Waals surface area contributed by atoms with E-state index >= 15 is 0 Å². The number of likely N-dealkylation sites (N-methyl/N-ethyl adjacent to an activating group) is 1. The maximum atomic E-state index is 13.0. The van der Waals surface area contributed by atoms with E-state index in [1.165, 1.54) is 12.1 Å². The molecule has 0 aliphatic heterocycles. The number of carbonyl (C=O) groups excluding carboxylic acids is 1. The van der Waals surface area contributed by atoms with Crippen molar-refractivity contribution in [2.75, 3.05) is 19.7 Å². The van der Waals surface area contributed by atoms with Crippen molar-refractivity contribution in [1.29, 1.82) is 0 Å². The van der Waals surface area contributed by atoms with Gasteiger partial charge in [0.15, 0.2) is 6.61 Å². The molecule has 1 aromatic carbocycles. The van der Waals surface area contributed by atoms with E-state index < -0.39 is 0 Å². The first-order chi connectivity index (χ1) is 8.08. The summed E-state index contributed by atoms with van der Waals surface area (Å²) in [7, 11) is 0. The number of nitrogens with zero attached hydrogens (tertiary/aromatic N) is 1. The van der Waals surface area contributed by atoms with Gasteiger partial charge in [-0.15, -0.1) is 0 Å². The summed E-state index contributed by atoms with van der Waals surface area (Å²) in [5.74, 6) is -0.0231. The smallest absolute Gasteiger partial charge is 0.260 e. The van der Waals surface area contributed by atoms with E-state index in [4.69, 9.17) is 4.74 Å². The minimum absolute atomic E-state index is 0.0496. The van der Waals surface area contributed by atoms with Gasteiger partial charge in [-0.25, -0.2) is 4.39 Å². The zero-order valence-corrected chi connectivity index (χ0v) is 10.5. The Morgan fingerprint density at radius 2 is 2.00 bits per heavy atom. The predicted molar refractivity (Wildman–Crippen MR) is 64.6 cm³/mol. The third-order valence-corrected chi connectivity index (χ3v) is 2.62. The Kier molecular flexibility index (Phi) is 4.94. The second kappa shape index (κ2) is 6.23. The minimum Gasteiger partial charge on any atom is -0.483 e. The van der Waals surface area contributed by atoms with Crippen LogP contribution >= 0.6 is 0 Å². The van der Waals surface area contributed by atoms with Gasteiger partial charge in [0.05, 0.1) is 0 Å². The van der Waals surface area contributed by atoms with Gasteiger partial charge in [0, 0.05) is 19.2 Å². The van der Waals surface area contributed by atoms with Crippen LogP contribution in [0.1, 0.15) is 19.4 Å². The van der Waals surface area contributed by atoms with Gasteiger partial charge in [0.1, 0.15) is 11.6 Å². The summed E-state index contributed by atoms with van der Waals surface area (Å²) in [4.78, 5) is 13.4. The fraction of sp³-hybridized carbons (Fsp3) is 0.462. The molecule has 1 rings (SSSR count). The minimum atomic E-state index is -0.360. The van der Waals surface area contributed by atoms with Gasteiger partial charge in [-0.1, -0.05) is 6.07 Å². The highest BCUT2D eigenvalue weighted by Gasteiger charge is 2.11. The molecule has 0 unspecified atom stereocenters. The van der Waals surface area contributed by atoms with Gasteiger partial charge >= 0.3 is 0 Å². The molecule has 0 radical (unpaired) electrons. The zero-order valence-electron chi connectivity index (χ0n) is 10.5. The molecule has 0 heterocycles. The Hall–Kier alpha value is -1.58. The lowest BCUT2D eigenvalue weighted by Crippen LogP contribution is -2.34. The van der Waals surface area contributed by atoms with E-state index in [-0.39, 0.29) is 18.3 Å². The molecule has 0 aliphatic rings. The summed E-state index contributed by atoms with van der Waals surface area (Å²) in [5.41, 5.74) is 0.818. The van der Waals surface area contributed by atoms with E-state index in [0.717, 1.165) is 5.56 Å². The number of hydrogen-bond acceptors (Lipinski definition) is 2. The number of ether oxygens (including phenoxy) is 1. The van der Waals surface area contributed by atoms with Gasteiger partial charge in [0.25, 0.3) is 5.91 Å². The lowest BCUT2D eigenvalue weighted by atomic mass is 10.2. The van der Waals surface area contributed by atoms with Crippen molar-refractivity contribution >= 4 is 5.91 Å². The number of aryl methyl sites for hydroxylation is 1. The fourth-order valence-electron chi connectivity index (χ4n) is 1.54. The summed E-state index contributed by atoms with van der Waals surface area (Å²) >= 11 is 0. The monoisotopic (exact) mass is 239 g/mol. The highest BCUT2D eigenvalue weighted by atomic mass is 19.1. The van der Waals surface area contributed by atoms with Crippen LogP contribution in [0.5, 0.6) is 5.75 Å². The molecule has 0 saturated heterocycles. The Morgan fingerprint density at radius 3 is 2.59 bits per heavy atom. The fourth-order valence-corrected chi connectivity index (χ4v) is 1.54. The molecule has 0 fully saturated rings. The van der Waals surface area contributed by atoms with Crippen LogP contribution in [-0.2, 0) is 4.79 Å². The number of amides is 1. The molecule has 0 N–H and O–H groups in total. The topological polar surface area (TPSA) is 29.5 Å². The first kappa shape index (κ1) is 13.5. The van der Waals surface area contributed by atoms with Gasteiger partial charge < -0.3 is 9.64 Å². The standard InChI is InChI=1S/C13H18FNO2/c1-4-15(5-2)13(16)9-17-12-8-11(14)7-6-10(12)3/h6-8H,4-5,9H2,1-3H3. The Labute approximate surface area is 101 Å². The Bertz CT molecular complexity index is 389. The van der Waals surface area contributed by atoms with E-state index in [0.29, 0.717) is 18.8 Å². The number of benzene rings is 1. The third-order valence-electron chi connectivity index (χ3n) is 2.62. The van der Waals surface area contributed by atoms with Crippen molar-refractivity contribution in [3.8, 4) is 5.75 Å². The van der Waals surface area contributed by atoms with Crippen LogP contribution in [0.15, 0.2) is 18.2 Å². The molecule has 0 aromatic heterocycles. The van der Waals surface area contributed by atoms with Gasteiger partial charge in [-0.2, -0.15) is 0 Å². The van der Waals surface area contributed by atoms with Crippen LogP contribution in [0.4, 0.5) is 4.39 Å². The lowest BCUT2D eigenvalue weighted by Gasteiger charge is -2.19. The molecule has 0 spiro atoms. The van der Waals surface area contributed by atoms with Crippen LogP contribution in [0.2, 0.25) is 0 Å². The van der Waals surface area contributed by atoms with Crippen molar-refractivity contribution in [2.24, 2.45) is 0 Å². The molecular formula is C13H18FNO2. The van der Waals surface area contributed by atoms with Crippen LogP contribution in [-0.4, -0.2) is 30.5 Å². The van der Waals surface area contributed by atoms with Crippen molar-refractivity contribution in [3.63, 3.8) is 0 Å². The normalized spacial score (nSPS) is 10.1. The van der Waals surface area contributed by atoms with E-state index in [1.54, 1.807) is 11.0 Å². The molecule has 0 aliphatic carbocycles. The summed E-state index contributed by atoms with van der Waals surface area (Å²) in [5, 5.41) is 0. The van der Waals surface area contributed by atoms with Crippen LogP contribution in [0.3, 0.4) is 0 Å². The molecule has 0 saturated carbocycles. The van der Waals surface area contributed by atoms with Gasteiger partial charge in [0.2, 0.25) is 0 Å². The molecule has 1 aromatic rings. The molecule has 94 valence electrons. The lowest BCUT2D eigenvalue weighted by molar-refractivity contribution is -0.132. The van der Waals surface area contributed by atoms with Gasteiger partial charge in [-0.05, 0) is 32.4 Å².